The molecule has 1 fully saturated rings. The van der Waals surface area contributed by atoms with Crippen LogP contribution in [-0.2, 0) is 4.79 Å². The molecule has 11 nitrogen and oxygen atoms in total. The molecule has 1 N–H and O–H groups in total. The molecule has 11 heteroatoms. The van der Waals surface area contributed by atoms with E-state index >= 15 is 0 Å². The Hall–Kier alpha value is -5.24. The molecular formula is C29H27N9O2. The summed E-state index contributed by atoms with van der Waals surface area (Å²) < 4.78 is 7.79. The van der Waals surface area contributed by atoms with Crippen LogP contribution in [0.2, 0.25) is 0 Å². The summed E-state index contributed by atoms with van der Waals surface area (Å²) in [5.41, 5.74) is 3.92. The number of pyridine rings is 2. The zero-order chi connectivity index (χ0) is 27.6. The number of carbonyl (C=O) groups excluding carboxylic acids is 1. The maximum absolute atomic E-state index is 12.2. The lowest BCUT2D eigenvalue weighted by Gasteiger charge is -2.39. The number of anilines is 3. The van der Waals surface area contributed by atoms with Crippen LogP contribution in [0.4, 0.5) is 17.3 Å². The second-order valence-electron chi connectivity index (χ2n) is 9.56. The number of hydrogen-bond donors (Lipinski definition) is 1. The number of hydrogen-bond acceptors (Lipinski definition) is 9. The van der Waals surface area contributed by atoms with E-state index in [9.17, 15) is 4.79 Å². The maximum atomic E-state index is 12.2. The molecule has 0 bridgehead atoms. The second kappa shape index (κ2) is 10.5. The van der Waals surface area contributed by atoms with Crippen LogP contribution in [0.5, 0.6) is 11.5 Å². The van der Waals surface area contributed by atoms with Crippen LogP contribution in [0.25, 0.3) is 16.7 Å². The molecule has 1 atom stereocenters. The quantitative estimate of drug-likeness (QED) is 0.335. The highest BCUT2D eigenvalue weighted by Gasteiger charge is 2.27. The smallest absolute Gasteiger partial charge is 0.298 e. The molecule has 1 aliphatic heterocycles. The van der Waals surface area contributed by atoms with Crippen molar-refractivity contribution in [1.82, 2.24) is 34.4 Å². The molecule has 0 saturated carbocycles. The Morgan fingerprint density at radius 1 is 1.07 bits per heavy atom. The van der Waals surface area contributed by atoms with Crippen molar-refractivity contribution < 1.29 is 9.53 Å². The number of benzene rings is 1. The molecule has 1 aliphatic rings. The molecule has 5 aromatic rings. The summed E-state index contributed by atoms with van der Waals surface area (Å²) in [6.07, 6.45) is 4.84. The zero-order valence-electron chi connectivity index (χ0n) is 22.4. The molecule has 0 spiro atoms. The molecule has 1 saturated heterocycles. The number of ether oxygens (including phenoxy) is 1. The van der Waals surface area contributed by atoms with Gasteiger partial charge in [-0.1, -0.05) is 5.92 Å². The molecule has 6 rings (SSSR count). The van der Waals surface area contributed by atoms with Gasteiger partial charge in [0, 0.05) is 43.6 Å². The minimum atomic E-state index is -0.136. The van der Waals surface area contributed by atoms with Crippen molar-refractivity contribution in [3.63, 3.8) is 0 Å². The van der Waals surface area contributed by atoms with Crippen molar-refractivity contribution in [2.24, 2.45) is 0 Å². The van der Waals surface area contributed by atoms with Crippen LogP contribution in [0.1, 0.15) is 19.4 Å². The van der Waals surface area contributed by atoms with Gasteiger partial charge in [-0.3, -0.25) is 4.79 Å². The summed E-state index contributed by atoms with van der Waals surface area (Å²) in [6.45, 7) is 7.59. The number of aromatic nitrogens is 6. The predicted molar refractivity (Wildman–Crippen MR) is 152 cm³/mol. The molecule has 0 aliphatic carbocycles. The number of amides is 1. The average Bonchev–Trinajstić information content (AvgIpc) is 3.43. The first-order chi connectivity index (χ1) is 19.5. The number of carbonyl (C=O) groups is 1. The number of nitrogens with zero attached hydrogens (tertiary/aromatic N) is 8. The molecule has 40 heavy (non-hydrogen) atoms. The first-order valence-electron chi connectivity index (χ1n) is 12.9. The van der Waals surface area contributed by atoms with Crippen LogP contribution in [0.15, 0.2) is 61.3 Å². The Morgan fingerprint density at radius 3 is 2.80 bits per heavy atom. The SMILES string of the molecule is CC#CC(=O)N1CCN(c2ccc3ncnc(Nc4ccc(Oc5ccn6ncnc6c5)c(C)c4)c3n2)[C@H](C)C1. The third-order valence-electron chi connectivity index (χ3n) is 6.83. The summed E-state index contributed by atoms with van der Waals surface area (Å²) >= 11 is 0. The van der Waals surface area contributed by atoms with Crippen molar-refractivity contribution in [2.75, 3.05) is 29.9 Å². The van der Waals surface area contributed by atoms with E-state index in [1.165, 1.54) is 12.7 Å². The fraction of sp³-hybridized carbons (Fsp3) is 0.241. The summed E-state index contributed by atoms with van der Waals surface area (Å²) in [6, 6.07) is 13.5. The number of fused-ring (bicyclic) bond motifs is 2. The normalized spacial score (nSPS) is 15.1. The molecule has 200 valence electrons. The third kappa shape index (κ3) is 4.94. The van der Waals surface area contributed by atoms with Crippen LogP contribution in [0.3, 0.4) is 0 Å². The van der Waals surface area contributed by atoms with E-state index in [4.69, 9.17) is 9.72 Å². The van der Waals surface area contributed by atoms with Crippen LogP contribution in [0, 0.1) is 18.8 Å². The number of nitrogens with one attached hydrogen (secondary N) is 1. The van der Waals surface area contributed by atoms with E-state index < -0.39 is 0 Å². The lowest BCUT2D eigenvalue weighted by atomic mass is 10.1. The Morgan fingerprint density at radius 2 is 1.98 bits per heavy atom. The monoisotopic (exact) mass is 533 g/mol. The van der Waals surface area contributed by atoms with Crippen molar-refractivity contribution >= 4 is 39.9 Å². The zero-order valence-corrected chi connectivity index (χ0v) is 22.4. The first kappa shape index (κ1) is 25.1. The van der Waals surface area contributed by atoms with Gasteiger partial charge in [-0.2, -0.15) is 5.10 Å². The number of aryl methyl sites for hydroxylation is 1. The van der Waals surface area contributed by atoms with Gasteiger partial charge in [-0.25, -0.2) is 24.5 Å². The minimum absolute atomic E-state index is 0.0861. The molecule has 4 aromatic heterocycles. The third-order valence-corrected chi connectivity index (χ3v) is 6.83. The Balaban J connectivity index is 1.21. The average molecular weight is 534 g/mol. The molecule has 1 amide bonds. The summed E-state index contributed by atoms with van der Waals surface area (Å²) in [4.78, 5) is 34.3. The number of rotatable bonds is 5. The standard InChI is InChI=1S/C29H27N9O2/c1-4-5-27(39)36-12-13-37(20(3)16-36)25-9-7-23-28(35-25)29(32-17-30-23)34-21-6-8-24(19(2)14-21)40-22-10-11-38-26(15-22)31-18-33-38/h6-11,14-15,17-18,20H,12-13,16H2,1-3H3,(H,30,32,34)/t20-/m1/s1. The topological polar surface area (TPSA) is 114 Å². The fourth-order valence-electron chi connectivity index (χ4n) is 4.82. The van der Waals surface area contributed by atoms with Crippen molar-refractivity contribution in [3.8, 4) is 23.3 Å². The van der Waals surface area contributed by atoms with Crippen molar-refractivity contribution in [1.29, 1.82) is 0 Å². The Bertz CT molecular complexity index is 1790. The van der Waals surface area contributed by atoms with Gasteiger partial charge in [0.2, 0.25) is 0 Å². The lowest BCUT2D eigenvalue weighted by Crippen LogP contribution is -2.53. The van der Waals surface area contributed by atoms with E-state index in [0.29, 0.717) is 42.4 Å². The summed E-state index contributed by atoms with van der Waals surface area (Å²) in [7, 11) is 0. The van der Waals surface area contributed by atoms with Crippen LogP contribution >= 0.6 is 0 Å². The molecule has 0 unspecified atom stereocenters. The second-order valence-corrected chi connectivity index (χ2v) is 9.56. The van der Waals surface area contributed by atoms with Crippen molar-refractivity contribution in [2.45, 2.75) is 26.8 Å². The molecule has 5 heterocycles. The Labute approximate surface area is 230 Å². The highest BCUT2D eigenvalue weighted by atomic mass is 16.5. The van der Waals surface area contributed by atoms with E-state index in [1.807, 2.05) is 55.6 Å². The summed E-state index contributed by atoms with van der Waals surface area (Å²) in [5, 5.41) is 7.51. The van der Waals surface area contributed by atoms with E-state index in [1.54, 1.807) is 16.3 Å². The van der Waals surface area contributed by atoms with Gasteiger partial charge in [0.25, 0.3) is 5.91 Å². The van der Waals surface area contributed by atoms with E-state index in [2.05, 4.69) is 49.0 Å². The van der Waals surface area contributed by atoms with Gasteiger partial charge in [0.1, 0.15) is 35.5 Å². The van der Waals surface area contributed by atoms with Crippen molar-refractivity contribution in [3.05, 3.63) is 66.9 Å². The largest absolute Gasteiger partial charge is 0.457 e. The molecule has 1 aromatic carbocycles. The predicted octanol–water partition coefficient (Wildman–Crippen LogP) is 3.97. The molecular weight excluding hydrogens is 506 g/mol. The van der Waals surface area contributed by atoms with Gasteiger partial charge >= 0.3 is 0 Å². The van der Waals surface area contributed by atoms with Gasteiger partial charge in [-0.15, -0.1) is 0 Å². The van der Waals surface area contributed by atoms with E-state index in [-0.39, 0.29) is 11.9 Å². The van der Waals surface area contributed by atoms with Crippen LogP contribution < -0.4 is 15.0 Å². The highest BCUT2D eigenvalue weighted by molar-refractivity contribution is 5.93. The van der Waals surface area contributed by atoms with Gasteiger partial charge in [0.05, 0.1) is 5.52 Å². The summed E-state index contributed by atoms with van der Waals surface area (Å²) in [5.74, 6) is 8.03. The maximum Gasteiger partial charge on any atom is 0.298 e. The molecule has 0 radical (unpaired) electrons. The highest BCUT2D eigenvalue weighted by Crippen LogP contribution is 2.30. The van der Waals surface area contributed by atoms with E-state index in [0.717, 1.165) is 28.3 Å². The van der Waals surface area contributed by atoms with Crippen LogP contribution in [-0.4, -0.2) is 66.0 Å². The Kier molecular flexibility index (Phi) is 6.57. The fourth-order valence-corrected chi connectivity index (χ4v) is 4.82. The number of piperazine rings is 1. The van der Waals surface area contributed by atoms with Gasteiger partial charge < -0.3 is 19.9 Å². The van der Waals surface area contributed by atoms with Gasteiger partial charge in [0.15, 0.2) is 11.5 Å². The van der Waals surface area contributed by atoms with Gasteiger partial charge in [-0.05, 0) is 68.7 Å². The first-order valence-corrected chi connectivity index (χ1v) is 12.9. The minimum Gasteiger partial charge on any atom is -0.457 e. The lowest BCUT2D eigenvalue weighted by molar-refractivity contribution is -0.125.